The number of benzene rings is 1. The average molecular weight is 192 g/mol. The Morgan fingerprint density at radius 2 is 2.21 bits per heavy atom. The fraction of sp³-hybridized carbons (Fsp3) is 0.455. The summed E-state index contributed by atoms with van der Waals surface area (Å²) in [6, 6.07) is 6.29. The lowest BCUT2D eigenvalue weighted by atomic mass is 10.1. The Morgan fingerprint density at radius 1 is 1.43 bits per heavy atom. The van der Waals surface area contributed by atoms with Crippen LogP contribution in [0.5, 0.6) is 5.75 Å². The fourth-order valence-corrected chi connectivity index (χ4v) is 1.53. The normalized spacial score (nSPS) is 19.0. The summed E-state index contributed by atoms with van der Waals surface area (Å²) >= 11 is 0. The van der Waals surface area contributed by atoms with Crippen molar-refractivity contribution < 1.29 is 4.74 Å². The first-order valence-electron chi connectivity index (χ1n) is 4.93. The molecule has 1 aliphatic rings. The van der Waals surface area contributed by atoms with Crippen LogP contribution < -0.4 is 10.1 Å². The molecule has 76 valence electrons. The van der Waals surface area contributed by atoms with Crippen molar-refractivity contribution in [1.29, 1.82) is 0 Å². The first-order chi connectivity index (χ1) is 6.70. The highest BCUT2D eigenvalue weighted by Gasteiger charge is 2.22. The van der Waals surface area contributed by atoms with E-state index in [-0.39, 0.29) is 6.35 Å². The molecule has 0 aromatic heterocycles. The standard InChI is InChI=1S/C11H16N2O/c1-4-8-5-6-10-9(7-8)12-11(14-10)13(2)3/h5-7,11-12H,4H2,1-3H3. The quantitative estimate of drug-likeness (QED) is 0.774. The smallest absolute Gasteiger partial charge is 0.229 e. The molecule has 0 saturated heterocycles. The minimum Gasteiger partial charge on any atom is -0.455 e. The van der Waals surface area contributed by atoms with Gasteiger partial charge < -0.3 is 10.1 Å². The number of ether oxygens (including phenoxy) is 1. The van der Waals surface area contributed by atoms with E-state index in [2.05, 4.69) is 24.4 Å². The van der Waals surface area contributed by atoms with Crippen LogP contribution in [0.15, 0.2) is 18.2 Å². The first kappa shape index (κ1) is 9.34. The third kappa shape index (κ3) is 1.55. The number of nitrogens with one attached hydrogen (secondary N) is 1. The van der Waals surface area contributed by atoms with Crippen LogP contribution in [0.4, 0.5) is 5.69 Å². The Hall–Kier alpha value is -1.22. The van der Waals surface area contributed by atoms with E-state index >= 15 is 0 Å². The Labute approximate surface area is 84.7 Å². The van der Waals surface area contributed by atoms with Gasteiger partial charge in [0, 0.05) is 0 Å². The average Bonchev–Trinajstić information content (AvgIpc) is 2.59. The number of rotatable bonds is 2. The highest BCUT2D eigenvalue weighted by atomic mass is 16.5. The number of fused-ring (bicyclic) bond motifs is 1. The maximum atomic E-state index is 5.68. The molecule has 0 spiro atoms. The number of aryl methyl sites for hydroxylation is 1. The zero-order chi connectivity index (χ0) is 10.1. The molecule has 0 saturated carbocycles. The monoisotopic (exact) mass is 192 g/mol. The summed E-state index contributed by atoms with van der Waals surface area (Å²) in [6.45, 7) is 2.15. The van der Waals surface area contributed by atoms with Crippen molar-refractivity contribution in [2.24, 2.45) is 0 Å². The molecular formula is C11H16N2O. The summed E-state index contributed by atoms with van der Waals surface area (Å²) in [6.07, 6.45) is 1.03. The van der Waals surface area contributed by atoms with Gasteiger partial charge in [-0.25, -0.2) is 0 Å². The van der Waals surface area contributed by atoms with Crippen LogP contribution in [0.1, 0.15) is 12.5 Å². The fourth-order valence-electron chi connectivity index (χ4n) is 1.53. The van der Waals surface area contributed by atoms with Crippen LogP contribution >= 0.6 is 0 Å². The van der Waals surface area contributed by atoms with E-state index in [9.17, 15) is 0 Å². The van der Waals surface area contributed by atoms with Crippen LogP contribution in [0.3, 0.4) is 0 Å². The summed E-state index contributed by atoms with van der Waals surface area (Å²) < 4.78 is 5.68. The van der Waals surface area contributed by atoms with E-state index in [1.807, 2.05) is 25.1 Å². The van der Waals surface area contributed by atoms with Crippen LogP contribution in [-0.2, 0) is 6.42 Å². The van der Waals surface area contributed by atoms with E-state index in [0.717, 1.165) is 17.9 Å². The predicted octanol–water partition coefficient (Wildman–Crippen LogP) is 1.90. The SMILES string of the molecule is CCc1ccc2c(c1)NC(N(C)C)O2. The van der Waals surface area contributed by atoms with Crippen molar-refractivity contribution in [1.82, 2.24) is 4.90 Å². The van der Waals surface area contributed by atoms with Crippen molar-refractivity contribution in [3.63, 3.8) is 0 Å². The lowest BCUT2D eigenvalue weighted by molar-refractivity contribution is 0.105. The summed E-state index contributed by atoms with van der Waals surface area (Å²) in [4.78, 5) is 2.01. The van der Waals surface area contributed by atoms with Gasteiger partial charge in [0.05, 0.1) is 5.69 Å². The van der Waals surface area contributed by atoms with Gasteiger partial charge in [-0.1, -0.05) is 13.0 Å². The molecule has 1 aliphatic heterocycles. The van der Waals surface area contributed by atoms with Crippen molar-refractivity contribution in [3.8, 4) is 5.75 Å². The van der Waals surface area contributed by atoms with Crippen LogP contribution in [0, 0.1) is 0 Å². The molecule has 1 aromatic rings. The molecule has 0 amide bonds. The van der Waals surface area contributed by atoms with Gasteiger partial charge in [0.25, 0.3) is 0 Å². The van der Waals surface area contributed by atoms with Crippen molar-refractivity contribution >= 4 is 5.69 Å². The van der Waals surface area contributed by atoms with Gasteiger partial charge in [0.15, 0.2) is 0 Å². The third-order valence-corrected chi connectivity index (χ3v) is 2.44. The summed E-state index contributed by atoms with van der Waals surface area (Å²) in [5.74, 6) is 0.945. The first-order valence-corrected chi connectivity index (χ1v) is 4.93. The van der Waals surface area contributed by atoms with Gasteiger partial charge in [0.2, 0.25) is 6.35 Å². The molecule has 0 aliphatic carbocycles. The lowest BCUT2D eigenvalue weighted by Crippen LogP contribution is -2.36. The maximum absolute atomic E-state index is 5.68. The van der Waals surface area contributed by atoms with E-state index in [0.29, 0.717) is 0 Å². The number of hydrogen-bond acceptors (Lipinski definition) is 3. The second-order valence-electron chi connectivity index (χ2n) is 3.76. The van der Waals surface area contributed by atoms with Gasteiger partial charge in [0.1, 0.15) is 5.75 Å². The molecule has 1 atom stereocenters. The summed E-state index contributed by atoms with van der Waals surface area (Å²) in [5, 5.41) is 3.31. The molecule has 3 heteroatoms. The molecule has 1 aromatic carbocycles. The Balaban J connectivity index is 2.22. The van der Waals surface area contributed by atoms with Crippen molar-refractivity contribution in [2.75, 3.05) is 19.4 Å². The minimum absolute atomic E-state index is 0.0305. The molecule has 1 unspecified atom stereocenters. The van der Waals surface area contributed by atoms with Crippen molar-refractivity contribution in [2.45, 2.75) is 19.7 Å². The largest absolute Gasteiger partial charge is 0.455 e. The van der Waals surface area contributed by atoms with Gasteiger partial charge >= 0.3 is 0 Å². The van der Waals surface area contributed by atoms with Gasteiger partial charge in [-0.05, 0) is 38.2 Å². The second-order valence-corrected chi connectivity index (χ2v) is 3.76. The minimum atomic E-state index is -0.0305. The highest BCUT2D eigenvalue weighted by molar-refractivity contribution is 5.61. The molecular weight excluding hydrogens is 176 g/mol. The molecule has 1 heterocycles. The van der Waals surface area contributed by atoms with E-state index in [1.165, 1.54) is 5.56 Å². The molecule has 2 rings (SSSR count). The Kier molecular flexibility index (Phi) is 2.33. The summed E-state index contributed by atoms with van der Waals surface area (Å²) in [5.41, 5.74) is 2.43. The van der Waals surface area contributed by atoms with Gasteiger partial charge in [-0.2, -0.15) is 0 Å². The van der Waals surface area contributed by atoms with E-state index in [4.69, 9.17) is 4.74 Å². The highest BCUT2D eigenvalue weighted by Crippen LogP contribution is 2.32. The van der Waals surface area contributed by atoms with Crippen LogP contribution in [0.2, 0.25) is 0 Å². The van der Waals surface area contributed by atoms with Crippen LogP contribution in [-0.4, -0.2) is 25.3 Å². The van der Waals surface area contributed by atoms with Gasteiger partial charge in [-0.15, -0.1) is 0 Å². The molecule has 1 N–H and O–H groups in total. The number of nitrogens with zero attached hydrogens (tertiary/aromatic N) is 1. The van der Waals surface area contributed by atoms with E-state index < -0.39 is 0 Å². The number of anilines is 1. The molecule has 0 fully saturated rings. The number of hydrogen-bond donors (Lipinski definition) is 1. The zero-order valence-electron chi connectivity index (χ0n) is 8.87. The maximum Gasteiger partial charge on any atom is 0.229 e. The second kappa shape index (κ2) is 3.50. The van der Waals surface area contributed by atoms with Crippen LogP contribution in [0.25, 0.3) is 0 Å². The Morgan fingerprint density at radius 3 is 2.86 bits per heavy atom. The van der Waals surface area contributed by atoms with Gasteiger partial charge in [-0.3, -0.25) is 4.90 Å². The topological polar surface area (TPSA) is 24.5 Å². The Bertz CT molecular complexity index is 336. The van der Waals surface area contributed by atoms with E-state index in [1.54, 1.807) is 0 Å². The molecule has 0 bridgehead atoms. The molecule has 0 radical (unpaired) electrons. The van der Waals surface area contributed by atoms with Crippen molar-refractivity contribution in [3.05, 3.63) is 23.8 Å². The molecule has 3 nitrogen and oxygen atoms in total. The zero-order valence-corrected chi connectivity index (χ0v) is 8.87. The lowest BCUT2D eigenvalue weighted by Gasteiger charge is -2.18. The molecule has 14 heavy (non-hydrogen) atoms. The summed E-state index contributed by atoms with van der Waals surface area (Å²) in [7, 11) is 3.98. The third-order valence-electron chi connectivity index (χ3n) is 2.44. The predicted molar refractivity (Wildman–Crippen MR) is 57.5 cm³/mol.